The highest BCUT2D eigenvalue weighted by Crippen LogP contribution is 1.84. The second kappa shape index (κ2) is 3.85. The lowest BCUT2D eigenvalue weighted by atomic mass is 10.4. The van der Waals surface area contributed by atoms with Crippen molar-refractivity contribution < 1.29 is 24.5 Å². The van der Waals surface area contributed by atoms with Gasteiger partial charge in [-0.2, -0.15) is 0 Å². The number of aliphatic hydroxyl groups is 1. The lowest BCUT2D eigenvalue weighted by Crippen LogP contribution is -2.18. The van der Waals surface area contributed by atoms with Crippen molar-refractivity contribution in [2.75, 3.05) is 0 Å². The van der Waals surface area contributed by atoms with E-state index < -0.39 is 12.1 Å². The first-order valence-corrected chi connectivity index (χ1v) is 2.17. The molecule has 52 valence electrons. The second-order valence-electron chi connectivity index (χ2n) is 1.27. The summed E-state index contributed by atoms with van der Waals surface area (Å²) in [6, 6.07) is 0. The summed E-state index contributed by atoms with van der Waals surface area (Å²) in [6.45, 7) is 1.14. The van der Waals surface area contributed by atoms with Gasteiger partial charge in [-0.1, -0.05) is 0 Å². The Kier molecular flexibility index (Phi) is 3.38. The fourth-order valence-electron chi connectivity index (χ4n) is 0.137. The molecule has 0 fully saturated rings. The quantitative estimate of drug-likeness (QED) is 0.304. The highest BCUT2D eigenvalue weighted by atomic mass is 17.2. The zero-order valence-electron chi connectivity index (χ0n) is 4.73. The number of carbonyl (C=O) groups is 2. The van der Waals surface area contributed by atoms with Crippen LogP contribution in [0.15, 0.2) is 0 Å². The van der Waals surface area contributed by atoms with E-state index in [0.29, 0.717) is 0 Å². The predicted molar refractivity (Wildman–Crippen MR) is 24.9 cm³/mol. The average Bonchev–Trinajstić information content (AvgIpc) is 1.82. The molecule has 0 aromatic heterocycles. The summed E-state index contributed by atoms with van der Waals surface area (Å²) >= 11 is 0. The molecule has 5 nitrogen and oxygen atoms in total. The van der Waals surface area contributed by atoms with Crippen LogP contribution in [0.3, 0.4) is 0 Å². The summed E-state index contributed by atoms with van der Waals surface area (Å²) in [5.41, 5.74) is 0. The predicted octanol–water partition coefficient (Wildman–Crippen LogP) is -1.00. The minimum absolute atomic E-state index is 0.0553. The van der Waals surface area contributed by atoms with E-state index in [1.54, 1.807) is 0 Å². The van der Waals surface area contributed by atoms with Crippen LogP contribution in [0.4, 0.5) is 0 Å². The van der Waals surface area contributed by atoms with E-state index in [1.165, 1.54) is 6.92 Å². The van der Waals surface area contributed by atoms with Gasteiger partial charge in [-0.05, 0) is 6.92 Å². The standard InChI is InChI=1S/C4H6O5/c1-3(6)4(7)9-8-2-5/h2-3,6H,1H3. The van der Waals surface area contributed by atoms with Crippen LogP contribution in [-0.2, 0) is 19.4 Å². The Morgan fingerprint density at radius 2 is 2.33 bits per heavy atom. The minimum Gasteiger partial charge on any atom is -0.382 e. The maximum Gasteiger partial charge on any atom is 0.383 e. The molecule has 1 atom stereocenters. The Hall–Kier alpha value is -1.10. The molecular formula is C4H6O5. The average molecular weight is 134 g/mol. The molecule has 0 aliphatic carbocycles. The van der Waals surface area contributed by atoms with Crippen LogP contribution in [0.25, 0.3) is 0 Å². The largest absolute Gasteiger partial charge is 0.383 e. The maximum atomic E-state index is 10.1. The monoisotopic (exact) mass is 134 g/mol. The topological polar surface area (TPSA) is 72.8 Å². The van der Waals surface area contributed by atoms with Crippen LogP contribution < -0.4 is 0 Å². The molecule has 0 aromatic carbocycles. The maximum absolute atomic E-state index is 10.1. The van der Waals surface area contributed by atoms with Gasteiger partial charge in [-0.3, -0.25) is 9.68 Å². The molecule has 1 unspecified atom stereocenters. The van der Waals surface area contributed by atoms with Gasteiger partial charge in [0, 0.05) is 0 Å². The summed E-state index contributed by atoms with van der Waals surface area (Å²) < 4.78 is 0. The molecule has 0 heterocycles. The molecule has 0 radical (unpaired) electrons. The van der Waals surface area contributed by atoms with Crippen molar-refractivity contribution >= 4 is 12.4 Å². The van der Waals surface area contributed by atoms with E-state index in [2.05, 4.69) is 9.78 Å². The minimum atomic E-state index is -1.27. The van der Waals surface area contributed by atoms with Crippen LogP contribution in [-0.4, -0.2) is 23.7 Å². The first-order valence-electron chi connectivity index (χ1n) is 2.17. The first kappa shape index (κ1) is 7.90. The van der Waals surface area contributed by atoms with Crippen molar-refractivity contribution in [2.45, 2.75) is 13.0 Å². The van der Waals surface area contributed by atoms with E-state index >= 15 is 0 Å². The molecule has 0 amide bonds. The van der Waals surface area contributed by atoms with Gasteiger partial charge < -0.3 is 5.11 Å². The molecule has 0 aromatic rings. The lowest BCUT2D eigenvalue weighted by molar-refractivity contribution is -0.253. The summed E-state index contributed by atoms with van der Waals surface area (Å²) in [5, 5.41) is 8.38. The van der Waals surface area contributed by atoms with E-state index in [1.807, 2.05) is 0 Å². The van der Waals surface area contributed by atoms with Gasteiger partial charge in [-0.15, -0.1) is 0 Å². The number of carbonyl (C=O) groups excluding carboxylic acids is 2. The molecule has 0 aliphatic rings. The van der Waals surface area contributed by atoms with E-state index in [0.717, 1.165) is 0 Å². The van der Waals surface area contributed by atoms with Gasteiger partial charge in [-0.25, -0.2) is 9.68 Å². The first-order chi connectivity index (χ1) is 4.18. The Morgan fingerprint density at radius 1 is 1.78 bits per heavy atom. The van der Waals surface area contributed by atoms with Crippen LogP contribution in [0.1, 0.15) is 6.92 Å². The van der Waals surface area contributed by atoms with Crippen molar-refractivity contribution in [2.24, 2.45) is 0 Å². The lowest BCUT2D eigenvalue weighted by Gasteiger charge is -1.98. The van der Waals surface area contributed by atoms with Crippen molar-refractivity contribution in [1.29, 1.82) is 0 Å². The number of hydrogen-bond acceptors (Lipinski definition) is 5. The van der Waals surface area contributed by atoms with Crippen molar-refractivity contribution in [1.82, 2.24) is 0 Å². The van der Waals surface area contributed by atoms with Gasteiger partial charge in [0.15, 0.2) is 6.10 Å². The van der Waals surface area contributed by atoms with Crippen molar-refractivity contribution in [3.8, 4) is 0 Å². The third kappa shape index (κ3) is 3.48. The van der Waals surface area contributed by atoms with Gasteiger partial charge in [0.05, 0.1) is 0 Å². The highest BCUT2D eigenvalue weighted by molar-refractivity contribution is 5.73. The molecule has 0 saturated heterocycles. The fourth-order valence-corrected chi connectivity index (χ4v) is 0.137. The summed E-state index contributed by atoms with van der Waals surface area (Å²) in [4.78, 5) is 26.8. The normalized spacial score (nSPS) is 11.8. The second-order valence-corrected chi connectivity index (χ2v) is 1.27. The molecule has 0 aliphatic heterocycles. The third-order valence-electron chi connectivity index (χ3n) is 0.511. The van der Waals surface area contributed by atoms with Crippen LogP contribution >= 0.6 is 0 Å². The van der Waals surface area contributed by atoms with E-state index in [4.69, 9.17) is 5.11 Å². The van der Waals surface area contributed by atoms with Gasteiger partial charge in [0.25, 0.3) is 0 Å². The third-order valence-corrected chi connectivity index (χ3v) is 0.511. The smallest absolute Gasteiger partial charge is 0.382 e. The summed E-state index contributed by atoms with van der Waals surface area (Å²) in [6.07, 6.45) is -1.27. The molecule has 0 bridgehead atoms. The van der Waals surface area contributed by atoms with E-state index in [9.17, 15) is 9.59 Å². The van der Waals surface area contributed by atoms with Gasteiger partial charge in [0.1, 0.15) is 0 Å². The summed E-state index contributed by atoms with van der Waals surface area (Å²) in [5.74, 6) is -0.998. The Morgan fingerprint density at radius 3 is 2.67 bits per heavy atom. The molecule has 0 spiro atoms. The fraction of sp³-hybridized carbons (Fsp3) is 0.500. The van der Waals surface area contributed by atoms with Crippen LogP contribution in [0, 0.1) is 0 Å². The van der Waals surface area contributed by atoms with Crippen molar-refractivity contribution in [3.05, 3.63) is 0 Å². The zero-order valence-corrected chi connectivity index (χ0v) is 4.73. The van der Waals surface area contributed by atoms with Crippen LogP contribution in [0.2, 0.25) is 0 Å². The summed E-state index contributed by atoms with van der Waals surface area (Å²) in [7, 11) is 0. The number of hydrogen-bond donors (Lipinski definition) is 1. The van der Waals surface area contributed by atoms with Gasteiger partial charge >= 0.3 is 12.4 Å². The molecule has 5 heteroatoms. The Labute approximate surface area is 51.1 Å². The number of aliphatic hydroxyl groups excluding tert-OH is 1. The van der Waals surface area contributed by atoms with Crippen molar-refractivity contribution in [3.63, 3.8) is 0 Å². The highest BCUT2D eigenvalue weighted by Gasteiger charge is 2.10. The van der Waals surface area contributed by atoms with Gasteiger partial charge in [0.2, 0.25) is 0 Å². The SMILES string of the molecule is CC(O)C(=O)OOC=O. The Balaban J connectivity index is 3.38. The molecule has 0 rings (SSSR count). The van der Waals surface area contributed by atoms with E-state index in [-0.39, 0.29) is 6.47 Å². The number of rotatable bonds is 3. The Bertz CT molecular complexity index is 108. The molecular weight excluding hydrogens is 128 g/mol. The molecule has 0 saturated carbocycles. The van der Waals surface area contributed by atoms with Crippen LogP contribution in [0.5, 0.6) is 0 Å². The zero-order chi connectivity index (χ0) is 7.28. The molecule has 1 N–H and O–H groups in total. The molecule has 9 heavy (non-hydrogen) atoms.